The first-order chi connectivity index (χ1) is 12.9. The molecule has 1 heterocycles. The standard InChI is InChI=1S/C22H19N3S/c1-26-21-17-25(24-23-21)22(18-11-5-2-6-12-18,19-13-7-3-8-14-19)20-15-9-4-10-16-20/h2-17H,1H3. The molecule has 0 atom stereocenters. The minimum absolute atomic E-state index is 0.579. The molecule has 0 radical (unpaired) electrons. The molecule has 0 saturated heterocycles. The van der Waals surface area contributed by atoms with E-state index >= 15 is 0 Å². The zero-order valence-electron chi connectivity index (χ0n) is 14.5. The van der Waals surface area contributed by atoms with E-state index in [-0.39, 0.29) is 0 Å². The van der Waals surface area contributed by atoms with Crippen molar-refractivity contribution in [2.75, 3.05) is 6.26 Å². The molecule has 0 aliphatic rings. The topological polar surface area (TPSA) is 30.7 Å². The predicted octanol–water partition coefficient (Wildman–Crippen LogP) is 4.84. The Bertz CT molecular complexity index is 869. The van der Waals surface area contributed by atoms with Crippen molar-refractivity contribution in [1.29, 1.82) is 0 Å². The van der Waals surface area contributed by atoms with Crippen LogP contribution in [0.15, 0.2) is 102 Å². The predicted molar refractivity (Wildman–Crippen MR) is 106 cm³/mol. The van der Waals surface area contributed by atoms with Crippen LogP contribution in [0.4, 0.5) is 0 Å². The Morgan fingerprint density at radius 3 is 1.46 bits per heavy atom. The lowest BCUT2D eigenvalue weighted by atomic mass is 9.77. The molecular weight excluding hydrogens is 338 g/mol. The van der Waals surface area contributed by atoms with Gasteiger partial charge in [0.25, 0.3) is 0 Å². The summed E-state index contributed by atoms with van der Waals surface area (Å²) in [6, 6.07) is 31.5. The summed E-state index contributed by atoms with van der Waals surface area (Å²) in [5.74, 6) is 0. The molecule has 3 nitrogen and oxygen atoms in total. The summed E-state index contributed by atoms with van der Waals surface area (Å²) in [6.07, 6.45) is 4.04. The molecule has 4 rings (SSSR count). The number of rotatable bonds is 5. The van der Waals surface area contributed by atoms with Crippen LogP contribution in [0.5, 0.6) is 0 Å². The zero-order chi connectivity index (χ0) is 17.8. The summed E-state index contributed by atoms with van der Waals surface area (Å²) in [7, 11) is 0. The van der Waals surface area contributed by atoms with Crippen molar-refractivity contribution in [3.05, 3.63) is 114 Å². The van der Waals surface area contributed by atoms with Crippen LogP contribution in [-0.2, 0) is 5.54 Å². The van der Waals surface area contributed by atoms with Gasteiger partial charge in [0.15, 0.2) is 0 Å². The first kappa shape index (κ1) is 16.6. The van der Waals surface area contributed by atoms with Gasteiger partial charge in [-0.05, 0) is 22.9 Å². The maximum Gasteiger partial charge on any atom is 0.139 e. The van der Waals surface area contributed by atoms with Crippen LogP contribution in [0.3, 0.4) is 0 Å². The molecule has 0 unspecified atom stereocenters. The second-order valence-electron chi connectivity index (χ2n) is 6.01. The molecule has 128 valence electrons. The Kier molecular flexibility index (Phi) is 4.59. The number of hydrogen-bond acceptors (Lipinski definition) is 3. The third kappa shape index (κ3) is 2.72. The maximum absolute atomic E-state index is 4.53. The van der Waals surface area contributed by atoms with Gasteiger partial charge in [-0.15, -0.1) is 16.9 Å². The Labute approximate surface area is 157 Å². The van der Waals surface area contributed by atoms with Crippen LogP contribution in [0, 0.1) is 0 Å². The van der Waals surface area contributed by atoms with Crippen molar-refractivity contribution < 1.29 is 0 Å². The SMILES string of the molecule is CSc1cn(C(c2ccccc2)(c2ccccc2)c2ccccc2)nn1. The normalized spacial score (nSPS) is 11.4. The van der Waals surface area contributed by atoms with Gasteiger partial charge in [-0.1, -0.05) is 96.2 Å². The fraction of sp³-hybridized carbons (Fsp3) is 0.0909. The molecule has 0 fully saturated rings. The molecule has 0 bridgehead atoms. The van der Waals surface area contributed by atoms with Gasteiger partial charge in [0.2, 0.25) is 0 Å². The van der Waals surface area contributed by atoms with E-state index in [2.05, 4.69) is 83.1 Å². The number of benzene rings is 3. The van der Waals surface area contributed by atoms with Crippen LogP contribution in [0.25, 0.3) is 0 Å². The lowest BCUT2D eigenvalue weighted by Crippen LogP contribution is -2.38. The summed E-state index contributed by atoms with van der Waals surface area (Å²) < 4.78 is 1.98. The van der Waals surface area contributed by atoms with E-state index in [1.807, 2.05) is 35.3 Å². The number of aromatic nitrogens is 3. The molecule has 0 N–H and O–H groups in total. The average Bonchev–Trinajstić information content (AvgIpc) is 3.21. The Morgan fingerprint density at radius 1 is 0.692 bits per heavy atom. The summed E-state index contributed by atoms with van der Waals surface area (Å²) in [5, 5.41) is 9.79. The van der Waals surface area contributed by atoms with Crippen LogP contribution in [0.1, 0.15) is 16.7 Å². The first-order valence-electron chi connectivity index (χ1n) is 8.49. The zero-order valence-corrected chi connectivity index (χ0v) is 15.3. The first-order valence-corrected chi connectivity index (χ1v) is 9.71. The molecule has 0 aliphatic heterocycles. The number of nitrogens with zero attached hydrogens (tertiary/aromatic N) is 3. The van der Waals surface area contributed by atoms with Crippen LogP contribution >= 0.6 is 11.8 Å². The average molecular weight is 357 g/mol. The van der Waals surface area contributed by atoms with Gasteiger partial charge in [-0.3, -0.25) is 0 Å². The van der Waals surface area contributed by atoms with Gasteiger partial charge in [-0.2, -0.15) is 0 Å². The van der Waals surface area contributed by atoms with Crippen molar-refractivity contribution in [1.82, 2.24) is 15.0 Å². The van der Waals surface area contributed by atoms with Crippen LogP contribution < -0.4 is 0 Å². The largest absolute Gasteiger partial charge is 0.232 e. The lowest BCUT2D eigenvalue weighted by molar-refractivity contribution is 0.446. The highest BCUT2D eigenvalue weighted by molar-refractivity contribution is 7.98. The quantitative estimate of drug-likeness (QED) is 0.378. The highest BCUT2D eigenvalue weighted by Crippen LogP contribution is 2.40. The molecule has 4 heteroatoms. The molecule has 3 aromatic carbocycles. The molecule has 0 saturated carbocycles. The summed E-state index contributed by atoms with van der Waals surface area (Å²) >= 11 is 1.60. The Morgan fingerprint density at radius 2 is 1.12 bits per heavy atom. The van der Waals surface area contributed by atoms with Crippen molar-refractivity contribution in [2.45, 2.75) is 10.6 Å². The summed E-state index contributed by atoms with van der Waals surface area (Å²) in [4.78, 5) is 0. The van der Waals surface area contributed by atoms with E-state index in [1.165, 1.54) is 0 Å². The van der Waals surface area contributed by atoms with Gasteiger partial charge in [0.05, 0.1) is 6.20 Å². The second-order valence-corrected chi connectivity index (χ2v) is 6.84. The van der Waals surface area contributed by atoms with Crippen molar-refractivity contribution in [3.63, 3.8) is 0 Å². The second kappa shape index (κ2) is 7.18. The van der Waals surface area contributed by atoms with E-state index in [0.29, 0.717) is 0 Å². The van der Waals surface area contributed by atoms with Crippen molar-refractivity contribution >= 4 is 11.8 Å². The van der Waals surface area contributed by atoms with E-state index in [1.54, 1.807) is 11.8 Å². The van der Waals surface area contributed by atoms with Gasteiger partial charge in [-0.25, -0.2) is 4.68 Å². The molecule has 0 amide bonds. The lowest BCUT2D eigenvalue weighted by Gasteiger charge is -2.35. The van der Waals surface area contributed by atoms with E-state index in [4.69, 9.17) is 0 Å². The van der Waals surface area contributed by atoms with E-state index in [0.717, 1.165) is 21.7 Å². The number of hydrogen-bond donors (Lipinski definition) is 0. The number of thioether (sulfide) groups is 1. The highest BCUT2D eigenvalue weighted by atomic mass is 32.2. The molecule has 0 spiro atoms. The fourth-order valence-corrected chi connectivity index (χ4v) is 3.76. The van der Waals surface area contributed by atoms with Gasteiger partial charge in [0.1, 0.15) is 10.6 Å². The van der Waals surface area contributed by atoms with Crippen molar-refractivity contribution in [3.8, 4) is 0 Å². The Hall–Kier alpha value is -2.85. The van der Waals surface area contributed by atoms with E-state index in [9.17, 15) is 0 Å². The smallest absolute Gasteiger partial charge is 0.139 e. The Balaban J connectivity index is 2.10. The summed E-state index contributed by atoms with van der Waals surface area (Å²) in [6.45, 7) is 0. The molecule has 4 aromatic rings. The monoisotopic (exact) mass is 357 g/mol. The van der Waals surface area contributed by atoms with Crippen LogP contribution in [-0.4, -0.2) is 21.2 Å². The minimum atomic E-state index is -0.579. The molecule has 26 heavy (non-hydrogen) atoms. The van der Waals surface area contributed by atoms with Gasteiger partial charge in [0, 0.05) is 0 Å². The van der Waals surface area contributed by atoms with Crippen molar-refractivity contribution in [2.24, 2.45) is 0 Å². The third-order valence-corrected chi connectivity index (χ3v) is 5.21. The van der Waals surface area contributed by atoms with E-state index < -0.39 is 5.54 Å². The molecular formula is C22H19N3S. The highest BCUT2D eigenvalue weighted by Gasteiger charge is 2.39. The summed E-state index contributed by atoms with van der Waals surface area (Å²) in [5.41, 5.74) is 2.87. The molecule has 1 aromatic heterocycles. The fourth-order valence-electron chi connectivity index (χ4n) is 3.44. The maximum atomic E-state index is 4.53. The van der Waals surface area contributed by atoms with Crippen LogP contribution in [0.2, 0.25) is 0 Å². The minimum Gasteiger partial charge on any atom is -0.232 e. The van der Waals surface area contributed by atoms with Gasteiger partial charge < -0.3 is 0 Å². The molecule has 0 aliphatic carbocycles. The van der Waals surface area contributed by atoms with Gasteiger partial charge >= 0.3 is 0 Å². The third-order valence-electron chi connectivity index (χ3n) is 4.60.